The van der Waals surface area contributed by atoms with Gasteiger partial charge in [-0.05, 0) is 56.6 Å². The van der Waals surface area contributed by atoms with Gasteiger partial charge in [0, 0.05) is 39.2 Å². The molecule has 0 radical (unpaired) electrons. The fourth-order valence-electron chi connectivity index (χ4n) is 4.86. The smallest absolute Gasteiger partial charge is 0.193 e. The van der Waals surface area contributed by atoms with Crippen LogP contribution >= 0.6 is 0 Å². The summed E-state index contributed by atoms with van der Waals surface area (Å²) in [5, 5.41) is 3.61. The molecule has 0 aromatic carbocycles. The van der Waals surface area contributed by atoms with Gasteiger partial charge in [-0.25, -0.2) is 0 Å². The number of likely N-dealkylation sites (tertiary alicyclic amines) is 1. The van der Waals surface area contributed by atoms with Gasteiger partial charge < -0.3 is 24.1 Å². The highest BCUT2D eigenvalue weighted by Gasteiger charge is 2.24. The molecule has 0 spiro atoms. The molecule has 1 saturated carbocycles. The lowest BCUT2D eigenvalue weighted by Gasteiger charge is -2.35. The largest absolute Gasteiger partial charge is 0.469 e. The first-order chi connectivity index (χ1) is 14.9. The van der Waals surface area contributed by atoms with Crippen LogP contribution < -0.4 is 5.32 Å². The second-order valence-electron chi connectivity index (χ2n) is 9.08. The molecule has 1 N–H and O–H groups in total. The van der Waals surface area contributed by atoms with Crippen LogP contribution in [0.2, 0.25) is 0 Å². The van der Waals surface area contributed by atoms with Crippen LogP contribution in [0.15, 0.2) is 27.8 Å². The highest BCUT2D eigenvalue weighted by atomic mass is 16.5. The minimum atomic E-state index is 0.318. The minimum Gasteiger partial charge on any atom is -0.469 e. The maximum absolute atomic E-state index is 6.16. The van der Waals surface area contributed by atoms with Crippen LogP contribution in [0.4, 0.5) is 0 Å². The van der Waals surface area contributed by atoms with Crippen molar-refractivity contribution >= 4 is 5.96 Å². The molecule has 168 valence electrons. The summed E-state index contributed by atoms with van der Waals surface area (Å²) in [6.07, 6.45) is 14.6. The molecule has 1 unspecified atom stereocenters. The molecule has 3 aliphatic rings. The van der Waals surface area contributed by atoms with Gasteiger partial charge in [0.1, 0.15) is 5.76 Å². The molecule has 30 heavy (non-hydrogen) atoms. The number of furan rings is 1. The van der Waals surface area contributed by atoms with E-state index in [9.17, 15) is 0 Å². The number of hydrogen-bond acceptors (Lipinski definition) is 4. The molecular formula is C24H39N3O3. The van der Waals surface area contributed by atoms with Crippen molar-refractivity contribution < 1.29 is 13.9 Å². The molecule has 3 fully saturated rings. The predicted octanol–water partition coefficient (Wildman–Crippen LogP) is 4.01. The van der Waals surface area contributed by atoms with Crippen molar-refractivity contribution in [1.82, 2.24) is 10.2 Å². The van der Waals surface area contributed by atoms with Crippen molar-refractivity contribution in [3.05, 3.63) is 24.2 Å². The third-order valence-corrected chi connectivity index (χ3v) is 6.74. The van der Waals surface area contributed by atoms with Gasteiger partial charge in [-0.1, -0.05) is 19.3 Å². The monoisotopic (exact) mass is 417 g/mol. The Morgan fingerprint density at radius 3 is 2.70 bits per heavy atom. The Balaban J connectivity index is 1.25. The summed E-state index contributed by atoms with van der Waals surface area (Å²) in [6, 6.07) is 3.99. The van der Waals surface area contributed by atoms with E-state index in [0.717, 1.165) is 82.7 Å². The van der Waals surface area contributed by atoms with E-state index in [-0.39, 0.29) is 0 Å². The molecule has 4 rings (SSSR count). The molecule has 1 atom stereocenters. The molecule has 2 aliphatic heterocycles. The number of aliphatic imine (C=N–C) groups is 1. The van der Waals surface area contributed by atoms with Crippen LogP contribution in [-0.4, -0.2) is 62.5 Å². The van der Waals surface area contributed by atoms with E-state index in [1.807, 2.05) is 12.1 Å². The standard InChI is InChI=1S/C24H39N3O3/c1-2-6-20(7-3-1)18-26-24(25-13-10-21-8-4-16-28-21)27-14-11-22(12-15-27)30-19-23-9-5-17-29-23/h4,8,16,20,22-23H,1-3,5-7,9-15,17-19H2,(H,25,26). The van der Waals surface area contributed by atoms with Crippen molar-refractivity contribution in [2.45, 2.75) is 76.4 Å². The first kappa shape index (κ1) is 21.7. The van der Waals surface area contributed by atoms with Gasteiger partial charge in [-0.15, -0.1) is 0 Å². The summed E-state index contributed by atoms with van der Waals surface area (Å²) in [4.78, 5) is 7.49. The average Bonchev–Trinajstić information content (AvgIpc) is 3.50. The zero-order valence-electron chi connectivity index (χ0n) is 18.4. The van der Waals surface area contributed by atoms with Crippen LogP contribution in [0.3, 0.4) is 0 Å². The van der Waals surface area contributed by atoms with Crippen LogP contribution in [0.25, 0.3) is 0 Å². The zero-order chi connectivity index (χ0) is 20.4. The van der Waals surface area contributed by atoms with E-state index in [1.165, 1.54) is 38.5 Å². The zero-order valence-corrected chi connectivity index (χ0v) is 18.4. The molecule has 1 aliphatic carbocycles. The van der Waals surface area contributed by atoms with Crippen molar-refractivity contribution in [2.75, 3.05) is 39.4 Å². The van der Waals surface area contributed by atoms with Crippen molar-refractivity contribution in [3.8, 4) is 0 Å². The third kappa shape index (κ3) is 6.74. The Hall–Kier alpha value is -1.53. The first-order valence-electron chi connectivity index (χ1n) is 12.2. The maximum atomic E-state index is 6.16. The number of piperidine rings is 1. The van der Waals surface area contributed by atoms with Crippen LogP contribution in [0.5, 0.6) is 0 Å². The van der Waals surface area contributed by atoms with Crippen molar-refractivity contribution in [1.29, 1.82) is 0 Å². The molecule has 0 bridgehead atoms. The second kappa shape index (κ2) is 11.8. The van der Waals surface area contributed by atoms with E-state index in [1.54, 1.807) is 6.26 Å². The number of nitrogens with one attached hydrogen (secondary N) is 1. The quantitative estimate of drug-likeness (QED) is 0.512. The lowest BCUT2D eigenvalue weighted by atomic mass is 9.89. The third-order valence-electron chi connectivity index (χ3n) is 6.74. The van der Waals surface area contributed by atoms with Gasteiger partial charge in [-0.3, -0.25) is 4.99 Å². The highest BCUT2D eigenvalue weighted by Crippen LogP contribution is 2.24. The normalized spacial score (nSPS) is 24.5. The number of guanidine groups is 1. The number of ether oxygens (including phenoxy) is 2. The molecule has 6 heteroatoms. The van der Waals surface area contributed by atoms with Crippen molar-refractivity contribution in [3.63, 3.8) is 0 Å². The van der Waals surface area contributed by atoms with E-state index >= 15 is 0 Å². The van der Waals surface area contributed by atoms with Gasteiger partial charge in [0.05, 0.1) is 25.1 Å². The SMILES string of the molecule is c1coc(CCNC(=NCC2CCCCC2)N2CCC(OCC3CCCO3)CC2)c1. The summed E-state index contributed by atoms with van der Waals surface area (Å²) in [5.74, 6) is 2.85. The average molecular weight is 418 g/mol. The van der Waals surface area contributed by atoms with Crippen LogP contribution in [-0.2, 0) is 15.9 Å². The molecule has 1 aromatic heterocycles. The predicted molar refractivity (Wildman–Crippen MR) is 119 cm³/mol. The molecule has 2 saturated heterocycles. The molecular weight excluding hydrogens is 378 g/mol. The molecule has 3 heterocycles. The van der Waals surface area contributed by atoms with Crippen LogP contribution in [0, 0.1) is 5.92 Å². The second-order valence-corrected chi connectivity index (χ2v) is 9.08. The van der Waals surface area contributed by atoms with E-state index in [0.29, 0.717) is 12.2 Å². The Labute approximate surface area is 181 Å². The van der Waals surface area contributed by atoms with E-state index < -0.39 is 0 Å². The van der Waals surface area contributed by atoms with Gasteiger partial charge >= 0.3 is 0 Å². The van der Waals surface area contributed by atoms with Gasteiger partial charge in [0.15, 0.2) is 5.96 Å². The fraction of sp³-hybridized carbons (Fsp3) is 0.792. The maximum Gasteiger partial charge on any atom is 0.193 e. The van der Waals surface area contributed by atoms with Crippen LogP contribution in [0.1, 0.15) is 63.5 Å². The minimum absolute atomic E-state index is 0.318. The van der Waals surface area contributed by atoms with Gasteiger partial charge in [-0.2, -0.15) is 0 Å². The summed E-state index contributed by atoms with van der Waals surface area (Å²) >= 11 is 0. The summed E-state index contributed by atoms with van der Waals surface area (Å²) in [6.45, 7) is 5.48. The van der Waals surface area contributed by atoms with E-state index in [2.05, 4.69) is 10.2 Å². The highest BCUT2D eigenvalue weighted by molar-refractivity contribution is 5.80. The number of nitrogens with zero attached hydrogens (tertiary/aromatic N) is 2. The first-order valence-corrected chi connectivity index (χ1v) is 12.2. The topological polar surface area (TPSA) is 59.2 Å². The summed E-state index contributed by atoms with van der Waals surface area (Å²) in [7, 11) is 0. The lowest BCUT2D eigenvalue weighted by Crippen LogP contribution is -2.48. The summed E-state index contributed by atoms with van der Waals surface area (Å²) < 4.78 is 17.3. The molecule has 6 nitrogen and oxygen atoms in total. The molecule has 1 aromatic rings. The van der Waals surface area contributed by atoms with Gasteiger partial charge in [0.25, 0.3) is 0 Å². The summed E-state index contributed by atoms with van der Waals surface area (Å²) in [5.41, 5.74) is 0. The lowest BCUT2D eigenvalue weighted by molar-refractivity contribution is -0.0367. The van der Waals surface area contributed by atoms with Crippen molar-refractivity contribution in [2.24, 2.45) is 10.9 Å². The Morgan fingerprint density at radius 1 is 1.10 bits per heavy atom. The fourth-order valence-corrected chi connectivity index (χ4v) is 4.86. The van der Waals surface area contributed by atoms with Gasteiger partial charge in [0.2, 0.25) is 0 Å². The Bertz CT molecular complexity index is 614. The number of hydrogen-bond donors (Lipinski definition) is 1. The molecule has 0 amide bonds. The number of rotatable bonds is 8. The van der Waals surface area contributed by atoms with E-state index in [4.69, 9.17) is 18.9 Å². The Kier molecular flexibility index (Phi) is 8.50. The Morgan fingerprint density at radius 2 is 1.97 bits per heavy atom.